The molecule has 0 saturated heterocycles. The number of ether oxygens (including phenoxy) is 1. The molecule has 2 atom stereocenters. The number of nitrogens with one attached hydrogen (secondary N) is 1. The van der Waals surface area contributed by atoms with Gasteiger partial charge in [-0.15, -0.1) is 11.3 Å². The van der Waals surface area contributed by atoms with Crippen molar-refractivity contribution in [3.05, 3.63) is 54.8 Å². The Balaban J connectivity index is 1.94. The number of amides is 1. The quantitative estimate of drug-likeness (QED) is 0.527. The maximum Gasteiger partial charge on any atom is 0.340 e. The molecule has 25 heavy (non-hydrogen) atoms. The summed E-state index contributed by atoms with van der Waals surface area (Å²) in [6, 6.07) is 9.02. The van der Waals surface area contributed by atoms with Crippen LogP contribution >= 0.6 is 33.9 Å². The Kier molecular flexibility index (Phi) is 5.78. The van der Waals surface area contributed by atoms with Crippen molar-refractivity contribution in [1.29, 1.82) is 0 Å². The highest BCUT2D eigenvalue weighted by molar-refractivity contribution is 14.1. The summed E-state index contributed by atoms with van der Waals surface area (Å²) in [5.74, 6) is 0.0534. The summed E-state index contributed by atoms with van der Waals surface area (Å²) in [7, 11) is 0. The van der Waals surface area contributed by atoms with E-state index in [0.29, 0.717) is 23.7 Å². The van der Waals surface area contributed by atoms with Crippen molar-refractivity contribution < 1.29 is 14.3 Å². The Labute approximate surface area is 165 Å². The van der Waals surface area contributed by atoms with Gasteiger partial charge in [0, 0.05) is 16.0 Å². The first kappa shape index (κ1) is 18.4. The average molecular weight is 469 g/mol. The summed E-state index contributed by atoms with van der Waals surface area (Å²) >= 11 is 3.84. The molecule has 3 rings (SSSR count). The van der Waals surface area contributed by atoms with E-state index in [2.05, 4.69) is 34.8 Å². The van der Waals surface area contributed by atoms with E-state index in [0.717, 1.165) is 21.3 Å². The predicted octanol–water partition coefficient (Wildman–Crippen LogP) is 4.58. The van der Waals surface area contributed by atoms with Crippen molar-refractivity contribution in [3.8, 4) is 0 Å². The van der Waals surface area contributed by atoms with Gasteiger partial charge in [0.15, 0.2) is 0 Å². The van der Waals surface area contributed by atoms with Crippen LogP contribution in [0.4, 0.5) is 0 Å². The van der Waals surface area contributed by atoms with Crippen LogP contribution in [-0.2, 0) is 11.2 Å². The zero-order valence-electron chi connectivity index (χ0n) is 14.2. The number of rotatable bonds is 4. The Bertz CT molecular complexity index is 787. The van der Waals surface area contributed by atoms with Crippen molar-refractivity contribution in [2.24, 2.45) is 5.92 Å². The van der Waals surface area contributed by atoms with E-state index in [9.17, 15) is 9.59 Å². The second-order valence-electron chi connectivity index (χ2n) is 6.25. The highest BCUT2D eigenvalue weighted by Gasteiger charge is 2.34. The second-order valence-corrected chi connectivity index (χ2v) is 9.16. The SMILES string of the molecule is CCOC(=O)c1c(I)sc2c1C(NC(=O)c1ccccc1)CC(C)C2. The predicted molar refractivity (Wildman–Crippen MR) is 107 cm³/mol. The first-order valence-electron chi connectivity index (χ1n) is 8.35. The number of carbonyl (C=O) groups excluding carboxylic acids is 2. The monoisotopic (exact) mass is 469 g/mol. The second kappa shape index (κ2) is 7.86. The highest BCUT2D eigenvalue weighted by atomic mass is 127. The molecule has 0 spiro atoms. The Morgan fingerprint density at radius 3 is 2.72 bits per heavy atom. The number of carbonyl (C=O) groups is 2. The third-order valence-electron chi connectivity index (χ3n) is 4.32. The van der Waals surface area contributed by atoms with Crippen LogP contribution in [0.15, 0.2) is 30.3 Å². The van der Waals surface area contributed by atoms with Gasteiger partial charge in [-0.25, -0.2) is 4.79 Å². The molecule has 2 unspecified atom stereocenters. The fourth-order valence-corrected chi connectivity index (χ4v) is 5.80. The number of hydrogen-bond acceptors (Lipinski definition) is 4. The van der Waals surface area contributed by atoms with Crippen LogP contribution in [0.1, 0.15) is 57.5 Å². The highest BCUT2D eigenvalue weighted by Crippen LogP contribution is 2.42. The third-order valence-corrected chi connectivity index (χ3v) is 6.54. The minimum atomic E-state index is -0.294. The molecule has 1 aromatic carbocycles. The summed E-state index contributed by atoms with van der Waals surface area (Å²) in [6.07, 6.45) is 1.76. The molecule has 6 heteroatoms. The molecule has 0 radical (unpaired) electrons. The van der Waals surface area contributed by atoms with Crippen LogP contribution in [0, 0.1) is 8.80 Å². The maximum absolute atomic E-state index is 12.6. The maximum atomic E-state index is 12.6. The topological polar surface area (TPSA) is 55.4 Å². The number of benzene rings is 1. The first-order valence-corrected chi connectivity index (χ1v) is 10.2. The van der Waals surface area contributed by atoms with E-state index in [-0.39, 0.29) is 17.9 Å². The van der Waals surface area contributed by atoms with Gasteiger partial charge in [0.2, 0.25) is 0 Å². The molecule has 0 bridgehead atoms. The molecule has 1 N–H and O–H groups in total. The molecule has 4 nitrogen and oxygen atoms in total. The van der Waals surface area contributed by atoms with Gasteiger partial charge in [-0.3, -0.25) is 4.79 Å². The lowest BCUT2D eigenvalue weighted by atomic mass is 9.84. The van der Waals surface area contributed by atoms with Gasteiger partial charge < -0.3 is 10.1 Å². The van der Waals surface area contributed by atoms with Gasteiger partial charge in [0.25, 0.3) is 5.91 Å². The van der Waals surface area contributed by atoms with Gasteiger partial charge in [0.1, 0.15) is 0 Å². The van der Waals surface area contributed by atoms with Gasteiger partial charge >= 0.3 is 5.97 Å². The van der Waals surface area contributed by atoms with Crippen LogP contribution in [0.3, 0.4) is 0 Å². The van der Waals surface area contributed by atoms with Crippen LogP contribution in [0.5, 0.6) is 0 Å². The molecule has 1 aliphatic carbocycles. The van der Waals surface area contributed by atoms with Crippen molar-refractivity contribution in [2.75, 3.05) is 6.61 Å². The lowest BCUT2D eigenvalue weighted by molar-refractivity contribution is 0.0522. The molecule has 132 valence electrons. The number of hydrogen-bond donors (Lipinski definition) is 1. The summed E-state index contributed by atoms with van der Waals surface area (Å²) in [5, 5.41) is 3.13. The number of halogens is 1. The van der Waals surface area contributed by atoms with Gasteiger partial charge in [-0.2, -0.15) is 0 Å². The Morgan fingerprint density at radius 1 is 1.32 bits per heavy atom. The van der Waals surface area contributed by atoms with E-state index in [4.69, 9.17) is 4.74 Å². The molecule has 0 aliphatic heterocycles. The average Bonchev–Trinajstić information content (AvgIpc) is 2.91. The molecular formula is C19H20INO3S. The van der Waals surface area contributed by atoms with Crippen LogP contribution in [0.25, 0.3) is 0 Å². The normalized spacial score (nSPS) is 19.2. The van der Waals surface area contributed by atoms with Crippen molar-refractivity contribution in [1.82, 2.24) is 5.32 Å². The zero-order valence-corrected chi connectivity index (χ0v) is 17.1. The van der Waals surface area contributed by atoms with Crippen molar-refractivity contribution in [3.63, 3.8) is 0 Å². The van der Waals surface area contributed by atoms with Gasteiger partial charge in [0.05, 0.1) is 21.1 Å². The van der Waals surface area contributed by atoms with Gasteiger partial charge in [-0.05, 0) is 60.4 Å². The molecule has 0 fully saturated rings. The van der Waals surface area contributed by atoms with Crippen LogP contribution < -0.4 is 5.32 Å². The van der Waals surface area contributed by atoms with Crippen molar-refractivity contribution in [2.45, 2.75) is 32.7 Å². The largest absolute Gasteiger partial charge is 0.462 e. The molecule has 1 amide bonds. The van der Waals surface area contributed by atoms with Crippen LogP contribution in [0.2, 0.25) is 0 Å². The number of fused-ring (bicyclic) bond motifs is 1. The molecular weight excluding hydrogens is 449 g/mol. The summed E-state index contributed by atoms with van der Waals surface area (Å²) in [4.78, 5) is 26.3. The Hall–Kier alpha value is -1.41. The van der Waals surface area contributed by atoms with Crippen LogP contribution in [-0.4, -0.2) is 18.5 Å². The summed E-state index contributed by atoms with van der Waals surface area (Å²) in [6.45, 7) is 4.33. The van der Waals surface area contributed by atoms with Gasteiger partial charge in [-0.1, -0.05) is 25.1 Å². The van der Waals surface area contributed by atoms with Crippen molar-refractivity contribution >= 4 is 45.8 Å². The first-order chi connectivity index (χ1) is 12.0. The lowest BCUT2D eigenvalue weighted by Gasteiger charge is -2.29. The molecule has 0 saturated carbocycles. The number of esters is 1. The molecule has 1 aliphatic rings. The summed E-state index contributed by atoms with van der Waals surface area (Å²) < 4.78 is 6.19. The summed E-state index contributed by atoms with van der Waals surface area (Å²) in [5.41, 5.74) is 2.22. The minimum absolute atomic E-state index is 0.110. The molecule has 2 aromatic rings. The smallest absolute Gasteiger partial charge is 0.340 e. The van der Waals surface area contributed by atoms with E-state index < -0.39 is 0 Å². The minimum Gasteiger partial charge on any atom is -0.462 e. The zero-order chi connectivity index (χ0) is 18.0. The lowest BCUT2D eigenvalue weighted by Crippen LogP contribution is -2.33. The van der Waals surface area contributed by atoms with E-state index in [1.54, 1.807) is 30.4 Å². The Morgan fingerprint density at radius 2 is 2.04 bits per heavy atom. The number of thiophene rings is 1. The standard InChI is InChI=1S/C19H20INO3S/c1-3-24-19(23)16-15-13(9-11(2)10-14(15)25-17(16)20)21-18(22)12-7-5-4-6-8-12/h4-8,11,13H,3,9-10H2,1-2H3,(H,21,22). The molecule has 1 aromatic heterocycles. The fraction of sp³-hybridized carbons (Fsp3) is 0.368. The molecule has 1 heterocycles. The van der Waals surface area contributed by atoms with E-state index >= 15 is 0 Å². The van der Waals surface area contributed by atoms with E-state index in [1.165, 1.54) is 4.88 Å². The third kappa shape index (κ3) is 3.89. The van der Waals surface area contributed by atoms with E-state index in [1.807, 2.05) is 18.2 Å². The fourth-order valence-electron chi connectivity index (χ4n) is 3.26.